The fourth-order valence-electron chi connectivity index (χ4n) is 3.30. The summed E-state index contributed by atoms with van der Waals surface area (Å²) in [4.78, 5) is 32.7. The second-order valence-corrected chi connectivity index (χ2v) is 6.43. The number of Topliss-reactive ketones (excluding diaryl/α,β-unsaturated/α-hetero) is 1. The number of carbonyl (C=O) groups excluding carboxylic acids is 2. The van der Waals surface area contributed by atoms with Gasteiger partial charge < -0.3 is 14.2 Å². The van der Waals surface area contributed by atoms with Crippen LogP contribution in [0.3, 0.4) is 0 Å². The van der Waals surface area contributed by atoms with Gasteiger partial charge in [0, 0.05) is 27.9 Å². The first-order chi connectivity index (χ1) is 13.0. The number of fused-ring (bicyclic) bond motifs is 2. The van der Waals surface area contributed by atoms with Crippen LogP contribution < -0.4 is 0 Å². The Morgan fingerprint density at radius 2 is 1.96 bits per heavy atom. The zero-order valence-corrected chi connectivity index (χ0v) is 15.1. The quantitative estimate of drug-likeness (QED) is 0.439. The molecule has 4 rings (SSSR count). The number of hydrogen-bond acceptors (Lipinski definition) is 6. The van der Waals surface area contributed by atoms with Crippen molar-refractivity contribution >= 4 is 33.8 Å². The van der Waals surface area contributed by atoms with E-state index in [0.29, 0.717) is 27.9 Å². The van der Waals surface area contributed by atoms with Gasteiger partial charge in [0.05, 0.1) is 16.6 Å². The lowest BCUT2D eigenvalue weighted by atomic mass is 10.1. The first-order valence-corrected chi connectivity index (χ1v) is 8.47. The number of aryl methyl sites for hydroxylation is 3. The predicted octanol–water partition coefficient (Wildman–Crippen LogP) is 3.67. The van der Waals surface area contributed by atoms with Gasteiger partial charge >= 0.3 is 5.97 Å². The molecule has 0 amide bonds. The van der Waals surface area contributed by atoms with Crippen LogP contribution in [0.1, 0.15) is 37.8 Å². The number of para-hydroxylation sites is 1. The zero-order chi connectivity index (χ0) is 19.1. The van der Waals surface area contributed by atoms with Gasteiger partial charge in [0.15, 0.2) is 6.61 Å². The highest BCUT2D eigenvalue weighted by molar-refractivity contribution is 6.11. The molecule has 0 radical (unpaired) electrons. The molecule has 7 nitrogen and oxygen atoms in total. The molecule has 1 N–H and O–H groups in total. The number of benzene rings is 1. The third kappa shape index (κ3) is 2.87. The minimum Gasteiger partial charge on any atom is -0.454 e. The molecular formula is C20H17N3O4. The number of nitrogens with zero attached hydrogens (tertiary/aromatic N) is 2. The number of ketones is 1. The van der Waals surface area contributed by atoms with E-state index in [-0.39, 0.29) is 18.1 Å². The van der Waals surface area contributed by atoms with E-state index in [2.05, 4.69) is 15.1 Å². The van der Waals surface area contributed by atoms with E-state index in [0.717, 1.165) is 16.6 Å². The topological polar surface area (TPSA) is 98.1 Å². The first-order valence-electron chi connectivity index (χ1n) is 8.47. The molecule has 4 aromatic rings. The Morgan fingerprint density at radius 1 is 1.19 bits per heavy atom. The van der Waals surface area contributed by atoms with Gasteiger partial charge in [-0.3, -0.25) is 4.79 Å². The number of ether oxygens (including phenoxy) is 1. The molecule has 0 unspecified atom stereocenters. The number of hydrogen-bond donors (Lipinski definition) is 1. The molecule has 3 aromatic heterocycles. The number of nitrogens with one attached hydrogen (secondary N) is 1. The third-order valence-electron chi connectivity index (χ3n) is 4.47. The van der Waals surface area contributed by atoms with Gasteiger partial charge in [-0.15, -0.1) is 0 Å². The molecule has 27 heavy (non-hydrogen) atoms. The molecule has 0 aliphatic carbocycles. The molecule has 0 spiro atoms. The first kappa shape index (κ1) is 17.0. The maximum absolute atomic E-state index is 12.7. The molecule has 3 heterocycles. The molecule has 0 bridgehead atoms. The monoisotopic (exact) mass is 363 g/mol. The SMILES string of the molecule is Cc1cc(C(=O)OCC(=O)c2c(C)[nH]c3ccccc23)c2c(C)noc2n1. The number of aromatic nitrogens is 3. The molecule has 0 fully saturated rings. The molecule has 0 saturated heterocycles. The number of esters is 1. The van der Waals surface area contributed by atoms with Crippen LogP contribution in [0.4, 0.5) is 0 Å². The summed E-state index contributed by atoms with van der Waals surface area (Å²) >= 11 is 0. The van der Waals surface area contributed by atoms with E-state index in [1.807, 2.05) is 31.2 Å². The van der Waals surface area contributed by atoms with Crippen LogP contribution in [-0.4, -0.2) is 33.5 Å². The second kappa shape index (κ2) is 6.35. The average Bonchev–Trinajstić information content (AvgIpc) is 3.17. The van der Waals surface area contributed by atoms with Gasteiger partial charge in [-0.05, 0) is 32.9 Å². The molecule has 0 atom stereocenters. The summed E-state index contributed by atoms with van der Waals surface area (Å²) in [6, 6.07) is 9.13. The zero-order valence-electron chi connectivity index (χ0n) is 15.1. The number of H-pyrrole nitrogens is 1. The van der Waals surface area contributed by atoms with Crippen molar-refractivity contribution in [2.75, 3.05) is 6.61 Å². The minimum absolute atomic E-state index is 0.262. The van der Waals surface area contributed by atoms with Crippen LogP contribution in [0.25, 0.3) is 22.0 Å². The van der Waals surface area contributed by atoms with Gasteiger partial charge in [-0.1, -0.05) is 23.4 Å². The lowest BCUT2D eigenvalue weighted by molar-refractivity contribution is 0.0476. The molecule has 0 aliphatic rings. The van der Waals surface area contributed by atoms with Crippen LogP contribution in [0.5, 0.6) is 0 Å². The van der Waals surface area contributed by atoms with E-state index < -0.39 is 5.97 Å². The van der Waals surface area contributed by atoms with Crippen molar-refractivity contribution in [1.29, 1.82) is 0 Å². The van der Waals surface area contributed by atoms with E-state index in [4.69, 9.17) is 9.26 Å². The van der Waals surface area contributed by atoms with Crippen molar-refractivity contribution in [3.63, 3.8) is 0 Å². The Balaban J connectivity index is 1.60. The average molecular weight is 363 g/mol. The summed E-state index contributed by atoms with van der Waals surface area (Å²) in [6.07, 6.45) is 0. The van der Waals surface area contributed by atoms with Crippen molar-refractivity contribution in [3.8, 4) is 0 Å². The lowest BCUT2D eigenvalue weighted by Crippen LogP contribution is -2.15. The summed E-state index contributed by atoms with van der Waals surface area (Å²) < 4.78 is 10.4. The molecular weight excluding hydrogens is 346 g/mol. The van der Waals surface area contributed by atoms with E-state index in [1.54, 1.807) is 19.9 Å². The number of aromatic amines is 1. The summed E-state index contributed by atoms with van der Waals surface area (Å²) in [5, 5.41) is 5.16. The lowest BCUT2D eigenvalue weighted by Gasteiger charge is -2.06. The normalized spacial score (nSPS) is 11.2. The number of rotatable bonds is 4. The van der Waals surface area contributed by atoms with Gasteiger partial charge in [0.2, 0.25) is 5.78 Å². The Kier molecular flexibility index (Phi) is 3.99. The summed E-state index contributed by atoms with van der Waals surface area (Å²) in [5.41, 5.74) is 3.87. The summed E-state index contributed by atoms with van der Waals surface area (Å²) in [5.74, 6) is -0.870. The van der Waals surface area contributed by atoms with Gasteiger partial charge in [0.1, 0.15) is 0 Å². The predicted molar refractivity (Wildman–Crippen MR) is 98.9 cm³/mol. The van der Waals surface area contributed by atoms with Crippen molar-refractivity contribution < 1.29 is 18.8 Å². The maximum atomic E-state index is 12.7. The van der Waals surface area contributed by atoms with Crippen molar-refractivity contribution in [2.45, 2.75) is 20.8 Å². The largest absolute Gasteiger partial charge is 0.454 e. The fourth-order valence-corrected chi connectivity index (χ4v) is 3.30. The van der Waals surface area contributed by atoms with Crippen molar-refractivity contribution in [1.82, 2.24) is 15.1 Å². The highest BCUT2D eigenvalue weighted by Crippen LogP contribution is 2.24. The van der Waals surface area contributed by atoms with Crippen LogP contribution in [0.2, 0.25) is 0 Å². The Labute approximate surface area is 154 Å². The van der Waals surface area contributed by atoms with Crippen molar-refractivity contribution in [2.24, 2.45) is 0 Å². The van der Waals surface area contributed by atoms with Gasteiger partial charge in [-0.25, -0.2) is 9.78 Å². The molecule has 136 valence electrons. The van der Waals surface area contributed by atoms with Crippen molar-refractivity contribution in [3.05, 3.63) is 58.5 Å². The van der Waals surface area contributed by atoms with Crippen LogP contribution >= 0.6 is 0 Å². The van der Waals surface area contributed by atoms with E-state index >= 15 is 0 Å². The highest BCUT2D eigenvalue weighted by Gasteiger charge is 2.21. The summed E-state index contributed by atoms with van der Waals surface area (Å²) in [7, 11) is 0. The second-order valence-electron chi connectivity index (χ2n) is 6.43. The molecule has 1 aromatic carbocycles. The van der Waals surface area contributed by atoms with Crippen LogP contribution in [-0.2, 0) is 4.74 Å². The molecule has 7 heteroatoms. The summed E-state index contributed by atoms with van der Waals surface area (Å²) in [6.45, 7) is 4.94. The van der Waals surface area contributed by atoms with Gasteiger partial charge in [-0.2, -0.15) is 0 Å². The minimum atomic E-state index is -0.609. The van der Waals surface area contributed by atoms with Gasteiger partial charge in [0.25, 0.3) is 5.71 Å². The third-order valence-corrected chi connectivity index (χ3v) is 4.47. The van der Waals surface area contributed by atoms with Crippen LogP contribution in [0, 0.1) is 20.8 Å². The smallest absolute Gasteiger partial charge is 0.339 e. The highest BCUT2D eigenvalue weighted by atomic mass is 16.5. The molecule has 0 saturated carbocycles. The standard InChI is InChI=1S/C20H17N3O4/c1-10-8-14(18-12(3)23-27-19(18)21-10)20(25)26-9-16(24)17-11(2)22-15-7-5-4-6-13(15)17/h4-8,22H,9H2,1-3H3. The van der Waals surface area contributed by atoms with E-state index in [1.165, 1.54) is 0 Å². The van der Waals surface area contributed by atoms with E-state index in [9.17, 15) is 9.59 Å². The fraction of sp³-hybridized carbons (Fsp3) is 0.200. The number of carbonyl (C=O) groups is 2. The molecule has 0 aliphatic heterocycles. The Morgan fingerprint density at radius 3 is 2.78 bits per heavy atom. The van der Waals surface area contributed by atoms with Crippen LogP contribution in [0.15, 0.2) is 34.9 Å². The number of pyridine rings is 1. The maximum Gasteiger partial charge on any atom is 0.339 e. The Hall–Kier alpha value is -3.48. The Bertz CT molecular complexity index is 1200.